The quantitative estimate of drug-likeness (QED) is 0.819. The van der Waals surface area contributed by atoms with E-state index in [1.165, 1.54) is 30.7 Å². The Balaban J connectivity index is 0.000000677. The molecule has 1 fully saturated rings. The lowest BCUT2D eigenvalue weighted by Crippen LogP contribution is -2.29. The van der Waals surface area contributed by atoms with Crippen LogP contribution in [0.2, 0.25) is 0 Å². The lowest BCUT2D eigenvalue weighted by Gasteiger charge is -2.25. The number of hydrogen-bond donors (Lipinski definition) is 2. The van der Waals surface area contributed by atoms with Crippen LogP contribution in [0.1, 0.15) is 57.8 Å². The predicted octanol–water partition coefficient (Wildman–Crippen LogP) is 3.07. The molecule has 1 aliphatic rings. The average Bonchev–Trinajstić information content (AvgIpc) is 2.97. The van der Waals surface area contributed by atoms with Gasteiger partial charge in [-0.3, -0.25) is 14.8 Å². The Hall–Kier alpha value is -1.36. The van der Waals surface area contributed by atoms with E-state index < -0.39 is 0 Å². The Labute approximate surface area is 127 Å². The smallest absolute Gasteiger partial charge is 0.290 e. The first-order valence-electron chi connectivity index (χ1n) is 7.73. The second-order valence-corrected chi connectivity index (χ2v) is 6.72. The summed E-state index contributed by atoms with van der Waals surface area (Å²) in [7, 11) is 2.24. The summed E-state index contributed by atoms with van der Waals surface area (Å²) in [6.07, 6.45) is 6.25. The lowest BCUT2D eigenvalue weighted by atomic mass is 9.91. The molecule has 0 saturated heterocycles. The minimum absolute atomic E-state index is 0.250. The molecular formula is C16H29N3O2. The van der Waals surface area contributed by atoms with E-state index in [2.05, 4.69) is 49.0 Å². The fraction of sp³-hybridized carbons (Fsp3) is 0.750. The summed E-state index contributed by atoms with van der Waals surface area (Å²) in [6, 6.07) is 2.96. The highest BCUT2D eigenvalue weighted by atomic mass is 16.3. The molecule has 1 atom stereocenters. The molecule has 1 saturated carbocycles. The third kappa shape index (κ3) is 5.87. The van der Waals surface area contributed by atoms with Crippen molar-refractivity contribution in [3.63, 3.8) is 0 Å². The molecule has 1 aromatic heterocycles. The van der Waals surface area contributed by atoms with Gasteiger partial charge in [0.1, 0.15) is 0 Å². The van der Waals surface area contributed by atoms with Gasteiger partial charge in [-0.1, -0.05) is 27.2 Å². The van der Waals surface area contributed by atoms with Crippen LogP contribution in [0.4, 0.5) is 0 Å². The molecule has 5 heteroatoms. The van der Waals surface area contributed by atoms with Gasteiger partial charge in [0.2, 0.25) is 0 Å². The van der Waals surface area contributed by atoms with E-state index in [9.17, 15) is 0 Å². The van der Waals surface area contributed by atoms with Gasteiger partial charge in [0.15, 0.2) is 0 Å². The number of nitrogens with zero attached hydrogens (tertiary/aromatic N) is 2. The van der Waals surface area contributed by atoms with Crippen LogP contribution in [0.15, 0.2) is 6.07 Å². The molecule has 2 rings (SSSR count). The standard InChI is InChI=1S/C15H27N3.CH2O2/c1-5-6-12-9-13(17-16-12)11-18(4)14-7-8-15(2,3)10-14;2-1-3/h9,14H,5-8,10-11H2,1-4H3,(H,16,17);1H,(H,2,3). The zero-order chi connectivity index (χ0) is 15.9. The number of aryl methyl sites for hydroxylation is 1. The molecule has 0 aliphatic heterocycles. The predicted molar refractivity (Wildman–Crippen MR) is 84.2 cm³/mol. The van der Waals surface area contributed by atoms with E-state index in [0.717, 1.165) is 25.4 Å². The van der Waals surface area contributed by atoms with Crippen LogP contribution in [-0.4, -0.2) is 39.8 Å². The second kappa shape index (κ2) is 8.17. The molecule has 0 spiro atoms. The molecule has 0 radical (unpaired) electrons. The highest BCUT2D eigenvalue weighted by molar-refractivity contribution is 5.32. The number of rotatable bonds is 5. The summed E-state index contributed by atoms with van der Waals surface area (Å²) in [6.45, 7) is 7.71. The molecule has 2 N–H and O–H groups in total. The third-order valence-electron chi connectivity index (χ3n) is 4.18. The van der Waals surface area contributed by atoms with Gasteiger partial charge in [-0.15, -0.1) is 0 Å². The van der Waals surface area contributed by atoms with E-state index >= 15 is 0 Å². The monoisotopic (exact) mass is 295 g/mol. The number of carboxylic acid groups (broad SMARTS) is 1. The minimum Gasteiger partial charge on any atom is -0.483 e. The first kappa shape index (κ1) is 17.7. The number of aromatic nitrogens is 2. The van der Waals surface area contributed by atoms with Crippen molar-refractivity contribution in [1.82, 2.24) is 15.1 Å². The number of hydrogen-bond acceptors (Lipinski definition) is 3. The van der Waals surface area contributed by atoms with Crippen molar-refractivity contribution in [3.8, 4) is 0 Å². The fourth-order valence-electron chi connectivity index (χ4n) is 3.05. The molecular weight excluding hydrogens is 266 g/mol. The van der Waals surface area contributed by atoms with Crippen molar-refractivity contribution in [3.05, 3.63) is 17.5 Å². The average molecular weight is 295 g/mol. The SMILES string of the molecule is CCCc1cc(CN(C)C2CCC(C)(C)C2)[nH]n1.O=CO. The molecule has 21 heavy (non-hydrogen) atoms. The van der Waals surface area contributed by atoms with Gasteiger partial charge in [-0.25, -0.2) is 0 Å². The first-order chi connectivity index (χ1) is 9.91. The number of aromatic amines is 1. The minimum atomic E-state index is -0.250. The fourth-order valence-corrected chi connectivity index (χ4v) is 3.05. The number of nitrogens with one attached hydrogen (secondary N) is 1. The maximum atomic E-state index is 8.36. The van der Waals surface area contributed by atoms with Crippen LogP contribution in [-0.2, 0) is 17.8 Å². The Bertz CT molecular complexity index is 429. The summed E-state index contributed by atoms with van der Waals surface area (Å²) in [5.74, 6) is 0. The number of H-pyrrole nitrogens is 1. The van der Waals surface area contributed by atoms with Crippen LogP contribution in [0, 0.1) is 5.41 Å². The molecule has 1 aliphatic carbocycles. The highest BCUT2D eigenvalue weighted by Crippen LogP contribution is 2.39. The van der Waals surface area contributed by atoms with Crippen molar-refractivity contribution < 1.29 is 9.90 Å². The van der Waals surface area contributed by atoms with Gasteiger partial charge >= 0.3 is 0 Å². The maximum absolute atomic E-state index is 8.36. The zero-order valence-electron chi connectivity index (χ0n) is 13.7. The maximum Gasteiger partial charge on any atom is 0.290 e. The molecule has 0 bridgehead atoms. The molecule has 1 unspecified atom stereocenters. The normalized spacial score (nSPS) is 20.1. The molecule has 1 aromatic rings. The van der Waals surface area contributed by atoms with Crippen LogP contribution in [0.25, 0.3) is 0 Å². The van der Waals surface area contributed by atoms with Crippen molar-refractivity contribution in [2.45, 2.75) is 65.5 Å². The molecule has 1 heterocycles. The summed E-state index contributed by atoms with van der Waals surface area (Å²) < 4.78 is 0. The second-order valence-electron chi connectivity index (χ2n) is 6.72. The number of carbonyl (C=O) groups is 1. The Morgan fingerprint density at radius 1 is 1.57 bits per heavy atom. The summed E-state index contributed by atoms with van der Waals surface area (Å²) >= 11 is 0. The third-order valence-corrected chi connectivity index (χ3v) is 4.18. The van der Waals surface area contributed by atoms with E-state index in [-0.39, 0.29) is 6.47 Å². The summed E-state index contributed by atoms with van der Waals surface area (Å²) in [5.41, 5.74) is 2.98. The van der Waals surface area contributed by atoms with Crippen molar-refractivity contribution in [2.75, 3.05) is 7.05 Å². The van der Waals surface area contributed by atoms with Crippen LogP contribution in [0.3, 0.4) is 0 Å². The first-order valence-corrected chi connectivity index (χ1v) is 7.73. The van der Waals surface area contributed by atoms with Gasteiger partial charge in [0, 0.05) is 18.3 Å². The van der Waals surface area contributed by atoms with Crippen LogP contribution < -0.4 is 0 Å². The summed E-state index contributed by atoms with van der Waals surface area (Å²) in [5, 5.41) is 14.4. The zero-order valence-corrected chi connectivity index (χ0v) is 13.7. The van der Waals surface area contributed by atoms with Gasteiger partial charge < -0.3 is 5.11 Å². The van der Waals surface area contributed by atoms with E-state index in [4.69, 9.17) is 9.90 Å². The van der Waals surface area contributed by atoms with Crippen LogP contribution in [0.5, 0.6) is 0 Å². The summed E-state index contributed by atoms with van der Waals surface area (Å²) in [4.78, 5) is 10.8. The molecule has 5 nitrogen and oxygen atoms in total. The van der Waals surface area contributed by atoms with Crippen molar-refractivity contribution >= 4 is 6.47 Å². The topological polar surface area (TPSA) is 69.2 Å². The van der Waals surface area contributed by atoms with E-state index in [0.29, 0.717) is 5.41 Å². The van der Waals surface area contributed by atoms with E-state index in [1.54, 1.807) is 0 Å². The molecule has 0 aromatic carbocycles. The van der Waals surface area contributed by atoms with Gasteiger partial charge in [-0.2, -0.15) is 5.10 Å². The molecule has 120 valence electrons. The van der Waals surface area contributed by atoms with Gasteiger partial charge in [-0.05, 0) is 44.2 Å². The molecule has 0 amide bonds. The van der Waals surface area contributed by atoms with E-state index in [1.807, 2.05) is 0 Å². The van der Waals surface area contributed by atoms with Gasteiger partial charge in [0.05, 0.1) is 5.69 Å². The largest absolute Gasteiger partial charge is 0.483 e. The van der Waals surface area contributed by atoms with Crippen LogP contribution >= 0.6 is 0 Å². The van der Waals surface area contributed by atoms with Crippen molar-refractivity contribution in [2.24, 2.45) is 5.41 Å². The van der Waals surface area contributed by atoms with Crippen molar-refractivity contribution in [1.29, 1.82) is 0 Å². The Morgan fingerprint density at radius 2 is 2.24 bits per heavy atom. The lowest BCUT2D eigenvalue weighted by molar-refractivity contribution is -0.122. The Kier molecular flexibility index (Phi) is 6.89. The highest BCUT2D eigenvalue weighted by Gasteiger charge is 2.32. The Morgan fingerprint density at radius 3 is 2.76 bits per heavy atom. The van der Waals surface area contributed by atoms with Gasteiger partial charge in [0.25, 0.3) is 6.47 Å².